The molecule has 1 heterocycles. The van der Waals surface area contributed by atoms with Gasteiger partial charge in [-0.1, -0.05) is 37.0 Å². The monoisotopic (exact) mass is 421 g/mol. The van der Waals surface area contributed by atoms with Crippen LogP contribution in [0.1, 0.15) is 20.3 Å². The first-order valence-electron chi connectivity index (χ1n) is 8.10. The maximum absolute atomic E-state index is 12.5. The second-order valence-corrected chi connectivity index (χ2v) is 9.69. The molecule has 1 aromatic rings. The Morgan fingerprint density at radius 1 is 1.15 bits per heavy atom. The lowest BCUT2D eigenvalue weighted by atomic mass is 10.0. The van der Waals surface area contributed by atoms with Gasteiger partial charge in [0.1, 0.15) is 6.04 Å². The van der Waals surface area contributed by atoms with E-state index in [9.17, 15) is 18.0 Å². The van der Waals surface area contributed by atoms with Gasteiger partial charge in [-0.05, 0) is 30.5 Å². The van der Waals surface area contributed by atoms with Gasteiger partial charge in [0.05, 0.1) is 11.5 Å². The molecule has 0 aromatic heterocycles. The van der Waals surface area contributed by atoms with Crippen LogP contribution < -0.4 is 16.0 Å². The Kier molecular flexibility index (Phi) is 6.76. The van der Waals surface area contributed by atoms with Crippen LogP contribution in [-0.4, -0.2) is 43.9 Å². The number of hydrogen-bond donors (Lipinski definition) is 3. The van der Waals surface area contributed by atoms with Crippen molar-refractivity contribution in [2.45, 2.75) is 32.4 Å². The summed E-state index contributed by atoms with van der Waals surface area (Å²) in [5.41, 5.74) is 0.419. The van der Waals surface area contributed by atoms with E-state index in [1.165, 1.54) is 0 Å². The number of amides is 3. The zero-order valence-corrected chi connectivity index (χ0v) is 16.7. The summed E-state index contributed by atoms with van der Waals surface area (Å²) in [4.78, 5) is 24.7. The van der Waals surface area contributed by atoms with Gasteiger partial charge in [0.15, 0.2) is 9.84 Å². The summed E-state index contributed by atoms with van der Waals surface area (Å²) in [6.45, 7) is 3.57. The Morgan fingerprint density at radius 3 is 2.27 bits per heavy atom. The van der Waals surface area contributed by atoms with Crippen LogP contribution in [0.2, 0.25) is 10.0 Å². The zero-order valence-electron chi connectivity index (χ0n) is 14.4. The summed E-state index contributed by atoms with van der Waals surface area (Å²) >= 11 is 11.8. The van der Waals surface area contributed by atoms with Crippen molar-refractivity contribution in [3.05, 3.63) is 28.2 Å². The minimum absolute atomic E-state index is 0.0571. The first kappa shape index (κ1) is 20.8. The summed E-state index contributed by atoms with van der Waals surface area (Å²) < 4.78 is 22.9. The number of urea groups is 1. The Balaban J connectivity index is 1.98. The first-order chi connectivity index (χ1) is 12.1. The third-order valence-corrected chi connectivity index (χ3v) is 6.14. The van der Waals surface area contributed by atoms with Crippen LogP contribution in [0, 0.1) is 5.92 Å². The van der Waals surface area contributed by atoms with E-state index < -0.39 is 33.9 Å². The number of carbonyl (C=O) groups excluding carboxylic acids is 2. The van der Waals surface area contributed by atoms with Crippen molar-refractivity contribution in [1.82, 2.24) is 10.6 Å². The Hall–Kier alpha value is -1.51. The Bertz CT molecular complexity index is 778. The summed E-state index contributed by atoms with van der Waals surface area (Å²) in [7, 11) is -3.10. The highest BCUT2D eigenvalue weighted by atomic mass is 35.5. The van der Waals surface area contributed by atoms with Gasteiger partial charge in [0.25, 0.3) is 0 Å². The van der Waals surface area contributed by atoms with Gasteiger partial charge < -0.3 is 16.0 Å². The third kappa shape index (κ3) is 6.03. The number of carbonyl (C=O) groups is 2. The largest absolute Gasteiger partial charge is 0.334 e. The molecule has 1 aliphatic rings. The van der Waals surface area contributed by atoms with Crippen LogP contribution in [0.25, 0.3) is 0 Å². The molecular formula is C16H21Cl2N3O4S. The van der Waals surface area contributed by atoms with Gasteiger partial charge in [-0.2, -0.15) is 0 Å². The predicted octanol–water partition coefficient (Wildman–Crippen LogP) is 2.44. The molecular weight excluding hydrogens is 401 g/mol. The molecule has 1 saturated heterocycles. The fourth-order valence-corrected chi connectivity index (χ4v) is 4.86. The van der Waals surface area contributed by atoms with Crippen molar-refractivity contribution >= 4 is 50.7 Å². The standard InChI is InChI=1S/C16H21Cl2N3O4S/c1-9(2)14(15(22)19-13-6-10(17)5-11(18)7-13)21-16(23)20-12-3-4-26(24,25)8-12/h5-7,9,12,14H,3-4,8H2,1-2H3,(H,19,22)(H2,20,21,23). The highest BCUT2D eigenvalue weighted by Crippen LogP contribution is 2.23. The molecule has 3 amide bonds. The van der Waals surface area contributed by atoms with Crippen LogP contribution in [0.5, 0.6) is 0 Å². The molecule has 1 fully saturated rings. The van der Waals surface area contributed by atoms with Gasteiger partial charge in [-0.3, -0.25) is 4.79 Å². The molecule has 144 valence electrons. The quantitative estimate of drug-likeness (QED) is 0.678. The van der Waals surface area contributed by atoms with Gasteiger partial charge in [-0.15, -0.1) is 0 Å². The molecule has 0 saturated carbocycles. The average Bonchev–Trinajstić information content (AvgIpc) is 2.82. The maximum Gasteiger partial charge on any atom is 0.315 e. The van der Waals surface area contributed by atoms with Crippen molar-refractivity contribution < 1.29 is 18.0 Å². The van der Waals surface area contributed by atoms with E-state index in [-0.39, 0.29) is 17.4 Å². The summed E-state index contributed by atoms with van der Waals surface area (Å²) in [6, 6.07) is 2.80. The lowest BCUT2D eigenvalue weighted by molar-refractivity contribution is -0.118. The van der Waals surface area contributed by atoms with E-state index in [0.717, 1.165) is 0 Å². The molecule has 2 atom stereocenters. The number of nitrogens with one attached hydrogen (secondary N) is 3. The van der Waals surface area contributed by atoms with Crippen molar-refractivity contribution in [2.75, 3.05) is 16.8 Å². The van der Waals surface area contributed by atoms with Gasteiger partial charge in [-0.25, -0.2) is 13.2 Å². The van der Waals surface area contributed by atoms with Crippen LogP contribution >= 0.6 is 23.2 Å². The van der Waals surface area contributed by atoms with Gasteiger partial charge in [0, 0.05) is 21.8 Å². The molecule has 7 nitrogen and oxygen atoms in total. The minimum Gasteiger partial charge on any atom is -0.334 e. The van der Waals surface area contributed by atoms with Crippen molar-refractivity contribution in [3.8, 4) is 0 Å². The molecule has 2 rings (SSSR count). The van der Waals surface area contributed by atoms with Crippen molar-refractivity contribution in [2.24, 2.45) is 5.92 Å². The zero-order chi connectivity index (χ0) is 19.5. The number of halogens is 2. The fourth-order valence-electron chi connectivity index (χ4n) is 2.66. The molecule has 10 heteroatoms. The number of sulfone groups is 1. The van der Waals surface area contributed by atoms with Crippen LogP contribution in [-0.2, 0) is 14.6 Å². The highest BCUT2D eigenvalue weighted by Gasteiger charge is 2.30. The second-order valence-electron chi connectivity index (χ2n) is 6.59. The fraction of sp³-hybridized carbons (Fsp3) is 0.500. The smallest absolute Gasteiger partial charge is 0.315 e. The van der Waals surface area contributed by atoms with E-state index in [2.05, 4.69) is 16.0 Å². The van der Waals surface area contributed by atoms with Crippen LogP contribution in [0.3, 0.4) is 0 Å². The summed E-state index contributed by atoms with van der Waals surface area (Å²) in [6.07, 6.45) is 0.370. The Morgan fingerprint density at radius 2 is 1.77 bits per heavy atom. The van der Waals surface area contributed by atoms with E-state index in [4.69, 9.17) is 23.2 Å². The lowest BCUT2D eigenvalue weighted by Crippen LogP contribution is -2.52. The van der Waals surface area contributed by atoms with Gasteiger partial charge in [0.2, 0.25) is 5.91 Å². The number of benzene rings is 1. The number of hydrogen-bond acceptors (Lipinski definition) is 4. The van der Waals surface area contributed by atoms with Gasteiger partial charge >= 0.3 is 6.03 Å². The normalized spacial score (nSPS) is 19.8. The van der Waals surface area contributed by atoms with Crippen LogP contribution in [0.4, 0.5) is 10.5 Å². The predicted molar refractivity (Wildman–Crippen MR) is 102 cm³/mol. The van der Waals surface area contributed by atoms with Crippen molar-refractivity contribution in [1.29, 1.82) is 0 Å². The van der Waals surface area contributed by atoms with Crippen LogP contribution in [0.15, 0.2) is 18.2 Å². The number of anilines is 1. The molecule has 1 aromatic carbocycles. The molecule has 0 radical (unpaired) electrons. The molecule has 3 N–H and O–H groups in total. The second kappa shape index (κ2) is 8.45. The first-order valence-corrected chi connectivity index (χ1v) is 10.7. The SMILES string of the molecule is CC(C)C(NC(=O)NC1CCS(=O)(=O)C1)C(=O)Nc1cc(Cl)cc(Cl)c1. The molecule has 0 aliphatic carbocycles. The molecule has 0 spiro atoms. The van der Waals surface area contributed by atoms with E-state index >= 15 is 0 Å². The van der Waals surface area contributed by atoms with E-state index in [1.807, 2.05) is 0 Å². The molecule has 2 unspecified atom stereocenters. The highest BCUT2D eigenvalue weighted by molar-refractivity contribution is 7.91. The lowest BCUT2D eigenvalue weighted by Gasteiger charge is -2.23. The maximum atomic E-state index is 12.5. The summed E-state index contributed by atoms with van der Waals surface area (Å²) in [5.74, 6) is -0.642. The minimum atomic E-state index is -3.10. The molecule has 1 aliphatic heterocycles. The summed E-state index contributed by atoms with van der Waals surface area (Å²) in [5, 5.41) is 8.63. The Labute approximate surface area is 162 Å². The van der Waals surface area contributed by atoms with Crippen molar-refractivity contribution in [3.63, 3.8) is 0 Å². The molecule has 0 bridgehead atoms. The average molecular weight is 422 g/mol. The topological polar surface area (TPSA) is 104 Å². The van der Waals surface area contributed by atoms with E-state index in [0.29, 0.717) is 22.2 Å². The third-order valence-electron chi connectivity index (χ3n) is 3.93. The number of rotatable bonds is 5. The van der Waals surface area contributed by atoms with E-state index in [1.54, 1.807) is 32.0 Å². The molecule has 26 heavy (non-hydrogen) atoms.